The summed E-state index contributed by atoms with van der Waals surface area (Å²) in [5.74, 6) is 0.368. The van der Waals surface area contributed by atoms with Crippen LogP contribution in [0.25, 0.3) is 0 Å². The summed E-state index contributed by atoms with van der Waals surface area (Å²) in [6, 6.07) is 13.6. The van der Waals surface area contributed by atoms with Crippen molar-refractivity contribution in [3.05, 3.63) is 81.6 Å². The van der Waals surface area contributed by atoms with Crippen molar-refractivity contribution in [2.75, 3.05) is 19.7 Å². The third kappa shape index (κ3) is 4.98. The second-order valence-electron chi connectivity index (χ2n) is 17.1. The predicted molar refractivity (Wildman–Crippen MR) is 196 cm³/mol. The molecule has 3 N–H and O–H groups in total. The molecule has 1 saturated heterocycles. The maximum absolute atomic E-state index is 14.8. The minimum atomic E-state index is -1.14. The van der Waals surface area contributed by atoms with E-state index in [0.717, 1.165) is 65.8 Å². The monoisotopic (exact) mass is 698 g/mol. The Morgan fingerprint density at radius 2 is 1.74 bits per heavy atom. The first-order valence-electron chi connectivity index (χ1n) is 19.0. The number of nitrogens with one attached hydrogen (secondary N) is 1. The molecule has 2 amide bonds. The summed E-state index contributed by atoms with van der Waals surface area (Å²) in [5, 5.41) is 27.3. The van der Waals surface area contributed by atoms with Crippen molar-refractivity contribution in [2.45, 2.75) is 109 Å². The Morgan fingerprint density at radius 1 is 1.00 bits per heavy atom. The van der Waals surface area contributed by atoms with Gasteiger partial charge in [-0.2, -0.15) is 0 Å². The highest BCUT2D eigenvalue weighted by Gasteiger charge is 2.74. The largest absolute Gasteiger partial charge is 0.393 e. The van der Waals surface area contributed by atoms with E-state index in [4.69, 9.17) is 4.74 Å². The van der Waals surface area contributed by atoms with Crippen LogP contribution >= 0.6 is 11.3 Å². The van der Waals surface area contributed by atoms with Gasteiger partial charge in [-0.1, -0.05) is 62.4 Å². The quantitative estimate of drug-likeness (QED) is 0.193. The summed E-state index contributed by atoms with van der Waals surface area (Å²) in [7, 11) is 0. The highest BCUT2D eigenvalue weighted by molar-refractivity contribution is 7.14. The number of ether oxygens (including phenoxy) is 1. The van der Waals surface area contributed by atoms with Gasteiger partial charge in [0.05, 0.1) is 35.3 Å². The average Bonchev–Trinajstić information content (AvgIpc) is 3.84. The summed E-state index contributed by atoms with van der Waals surface area (Å²) >= 11 is 1.56. The number of hydrogen-bond donors (Lipinski definition) is 3. The van der Waals surface area contributed by atoms with Crippen LogP contribution in [0.1, 0.15) is 105 Å². The normalized spacial score (nSPS) is 40.4. The molecule has 1 aromatic carbocycles. The zero-order chi connectivity index (χ0) is 35.1. The number of carbonyl (C=O) groups excluding carboxylic acids is 2. The topological polar surface area (TPSA) is 99.1 Å². The first-order chi connectivity index (χ1) is 23.8. The molecule has 6 aliphatic carbocycles. The zero-order valence-corrected chi connectivity index (χ0v) is 30.9. The fourth-order valence-electron chi connectivity index (χ4n) is 12.0. The van der Waals surface area contributed by atoms with Gasteiger partial charge in [0.25, 0.3) is 0 Å². The maximum Gasteiger partial charge on any atom is 0.318 e. The van der Waals surface area contributed by atoms with Gasteiger partial charge >= 0.3 is 6.03 Å². The molecule has 2 heterocycles. The van der Waals surface area contributed by atoms with Gasteiger partial charge in [-0.25, -0.2) is 4.79 Å². The van der Waals surface area contributed by atoms with Crippen LogP contribution in [0.4, 0.5) is 4.79 Å². The third-order valence-corrected chi connectivity index (χ3v) is 15.7. The van der Waals surface area contributed by atoms with Gasteiger partial charge in [0.1, 0.15) is 0 Å². The van der Waals surface area contributed by atoms with Gasteiger partial charge in [-0.05, 0) is 107 Å². The number of ketones is 1. The van der Waals surface area contributed by atoms with Crippen molar-refractivity contribution in [2.24, 2.45) is 33.5 Å². The Kier molecular flexibility index (Phi) is 8.33. The van der Waals surface area contributed by atoms with E-state index in [0.29, 0.717) is 26.0 Å². The summed E-state index contributed by atoms with van der Waals surface area (Å²) in [6.45, 7) is 10.1. The van der Waals surface area contributed by atoms with Crippen LogP contribution in [0.5, 0.6) is 0 Å². The molecule has 4 fully saturated rings. The Bertz CT molecular complexity index is 1710. The first kappa shape index (κ1) is 34.3. The van der Waals surface area contributed by atoms with Crippen LogP contribution in [0.2, 0.25) is 0 Å². The minimum absolute atomic E-state index is 0.0316. The highest BCUT2D eigenvalue weighted by atomic mass is 32.1. The molecule has 2 aromatic rings. The average molecular weight is 699 g/mol. The van der Waals surface area contributed by atoms with E-state index in [1.54, 1.807) is 11.3 Å². The number of thiophene rings is 1. The molecule has 7 aliphatic rings. The fraction of sp³-hybridized carbons (Fsp3) is 0.619. The molecule has 9 rings (SSSR count). The molecule has 1 aliphatic heterocycles. The number of aliphatic hydroxyl groups is 2. The maximum atomic E-state index is 14.8. The Labute approximate surface area is 301 Å². The number of hydrogen-bond acceptors (Lipinski definition) is 6. The molecule has 1 aromatic heterocycles. The third-order valence-electron chi connectivity index (χ3n) is 14.7. The molecule has 3 saturated carbocycles. The number of nitrogens with zero attached hydrogens (tertiary/aromatic N) is 1. The number of rotatable bonds is 8. The number of aryl methyl sites for hydroxylation is 1. The number of amides is 2. The molecule has 10 atom stereocenters. The molecular weight excluding hydrogens is 645 g/mol. The SMILES string of the molecule is Cc1ccc(C(=O)C2=C[C@@]34C=C[C@@]25[C@@H]2CC[C@@](O)(CN(C[C@H]6CCCO6)C(=O)N[C@H](C)c6ccccc6)[C@@]2(C)CC[C@@H]5[C@@]3(C)CCC(O)C4)s1. The molecule has 2 bridgehead atoms. The smallest absolute Gasteiger partial charge is 0.318 e. The van der Waals surface area contributed by atoms with Crippen LogP contribution in [0, 0.1) is 40.4 Å². The Balaban J connectivity index is 1.16. The van der Waals surface area contributed by atoms with E-state index in [1.165, 1.54) is 0 Å². The van der Waals surface area contributed by atoms with Crippen LogP contribution in [0.15, 0.2) is 66.3 Å². The molecule has 0 radical (unpaired) electrons. The van der Waals surface area contributed by atoms with Crippen LogP contribution in [-0.2, 0) is 4.74 Å². The number of carbonyl (C=O) groups is 2. The molecule has 2 spiro atoms. The van der Waals surface area contributed by atoms with Crippen LogP contribution in [0.3, 0.4) is 0 Å². The predicted octanol–water partition coefficient (Wildman–Crippen LogP) is 7.78. The number of benzene rings is 1. The molecule has 268 valence electrons. The van der Waals surface area contributed by atoms with E-state index in [9.17, 15) is 19.8 Å². The number of Topliss-reactive ketones (excluding diaryl/α,β-unsaturated/α-hetero) is 1. The van der Waals surface area contributed by atoms with E-state index in [2.05, 4.69) is 37.4 Å². The number of fused-ring (bicyclic) bond motifs is 1. The van der Waals surface area contributed by atoms with Gasteiger partial charge in [0, 0.05) is 39.8 Å². The fourth-order valence-corrected chi connectivity index (χ4v) is 12.8. The first-order valence-corrected chi connectivity index (χ1v) is 19.8. The number of aliphatic hydroxyl groups excluding tert-OH is 1. The molecule has 7 nitrogen and oxygen atoms in total. The van der Waals surface area contributed by atoms with Crippen LogP contribution in [-0.4, -0.2) is 64.4 Å². The van der Waals surface area contributed by atoms with Gasteiger partial charge in [-0.15, -0.1) is 11.3 Å². The van der Waals surface area contributed by atoms with Crippen molar-refractivity contribution in [1.29, 1.82) is 0 Å². The second-order valence-corrected chi connectivity index (χ2v) is 18.4. The molecule has 1 unspecified atom stereocenters. The van der Waals surface area contributed by atoms with Gasteiger partial charge in [-0.3, -0.25) is 4.79 Å². The molecule has 50 heavy (non-hydrogen) atoms. The van der Waals surface area contributed by atoms with E-state index in [1.807, 2.05) is 61.2 Å². The lowest BCUT2D eigenvalue weighted by atomic mass is 9.32. The zero-order valence-electron chi connectivity index (χ0n) is 30.1. The molecule has 8 heteroatoms. The van der Waals surface area contributed by atoms with Crippen LogP contribution < -0.4 is 5.32 Å². The lowest BCUT2D eigenvalue weighted by Crippen LogP contribution is -2.67. The van der Waals surface area contributed by atoms with Crippen molar-refractivity contribution < 1.29 is 24.5 Å². The van der Waals surface area contributed by atoms with Crippen molar-refractivity contribution >= 4 is 23.2 Å². The highest BCUT2D eigenvalue weighted by Crippen LogP contribution is 2.78. The van der Waals surface area contributed by atoms with E-state index < -0.39 is 16.4 Å². The van der Waals surface area contributed by atoms with Gasteiger partial charge < -0.3 is 25.2 Å². The van der Waals surface area contributed by atoms with Gasteiger partial charge in [0.15, 0.2) is 5.78 Å². The summed E-state index contributed by atoms with van der Waals surface area (Å²) in [4.78, 5) is 32.6. The lowest BCUT2D eigenvalue weighted by Gasteiger charge is -2.71. The number of allylic oxidation sites excluding steroid dienone is 4. The van der Waals surface area contributed by atoms with Crippen molar-refractivity contribution in [3.63, 3.8) is 0 Å². The summed E-state index contributed by atoms with van der Waals surface area (Å²) in [5.41, 5.74) is -0.715. The van der Waals surface area contributed by atoms with Crippen molar-refractivity contribution in [1.82, 2.24) is 10.2 Å². The minimum Gasteiger partial charge on any atom is -0.393 e. The van der Waals surface area contributed by atoms with Gasteiger partial charge in [0.2, 0.25) is 0 Å². The molecular formula is C42H54N2O5S. The van der Waals surface area contributed by atoms with E-state index in [-0.39, 0.29) is 59.3 Å². The summed E-state index contributed by atoms with van der Waals surface area (Å²) < 4.78 is 6.04. The Hall–Kier alpha value is -2.78. The second kappa shape index (κ2) is 12.1. The number of urea groups is 1. The standard InChI is InChI=1S/C42H54N2O5S/c1-27-12-13-33(50-27)36(46)32-24-40-20-21-42(32)34(38(40,3)17-14-30(45)23-40)15-18-39(4)35(42)16-19-41(39,48)26-44(25-31-11-8-22-49-31)37(47)43-28(2)29-9-6-5-7-10-29/h5-7,9-10,12-13,20-21,24,28,30-31,34-35,45,48H,8,11,14-19,22-23,25-26H2,1-4H3,(H,43,47)/t28-,30?,31-,34-,35-,38-,39+,40+,41-,42-/m1/s1. The van der Waals surface area contributed by atoms with Crippen molar-refractivity contribution in [3.8, 4) is 0 Å². The summed E-state index contributed by atoms with van der Waals surface area (Å²) in [6.07, 6.45) is 13.9. The Morgan fingerprint density at radius 3 is 2.46 bits per heavy atom. The van der Waals surface area contributed by atoms with E-state index >= 15 is 0 Å². The lowest BCUT2D eigenvalue weighted by molar-refractivity contribution is -0.175.